The maximum Gasteiger partial charge on any atom is 0.275 e. The summed E-state index contributed by atoms with van der Waals surface area (Å²) in [5.74, 6) is -0.426. The van der Waals surface area contributed by atoms with Crippen molar-refractivity contribution in [1.82, 2.24) is 25.3 Å². The molecule has 1 fully saturated rings. The molecule has 8 heteroatoms. The molecule has 7 nitrogen and oxygen atoms in total. The van der Waals surface area contributed by atoms with E-state index in [1.807, 2.05) is 30.3 Å². The fourth-order valence-corrected chi connectivity index (χ4v) is 2.88. The highest BCUT2D eigenvalue weighted by molar-refractivity contribution is 5.92. The summed E-state index contributed by atoms with van der Waals surface area (Å²) in [4.78, 5) is 26.8. The van der Waals surface area contributed by atoms with E-state index in [0.717, 1.165) is 38.4 Å². The molecule has 0 saturated carbocycles. The van der Waals surface area contributed by atoms with Gasteiger partial charge in [-0.15, -0.1) is 12.4 Å². The molecule has 2 aromatic rings. The molecule has 1 aliphatic heterocycles. The molecule has 0 spiro atoms. The molecule has 0 radical (unpaired) electrons. The number of benzene rings is 1. The van der Waals surface area contributed by atoms with Crippen LogP contribution in [0.25, 0.3) is 5.69 Å². The quantitative estimate of drug-likeness (QED) is 0.797. The van der Waals surface area contributed by atoms with Gasteiger partial charge in [-0.1, -0.05) is 18.2 Å². The number of aromatic nitrogens is 2. The Morgan fingerprint density at radius 3 is 2.62 bits per heavy atom. The lowest BCUT2D eigenvalue weighted by Crippen LogP contribution is -2.46. The third-order valence-electron chi connectivity index (χ3n) is 4.25. The van der Waals surface area contributed by atoms with Gasteiger partial charge in [0.1, 0.15) is 0 Å². The highest BCUT2D eigenvalue weighted by Gasteiger charge is 2.16. The average molecular weight is 378 g/mol. The molecule has 0 bridgehead atoms. The van der Waals surface area contributed by atoms with Crippen LogP contribution in [-0.4, -0.2) is 59.9 Å². The van der Waals surface area contributed by atoms with Crippen molar-refractivity contribution < 1.29 is 4.79 Å². The minimum atomic E-state index is -0.426. The number of nitrogens with one attached hydrogen (secondary N) is 2. The van der Waals surface area contributed by atoms with Crippen LogP contribution < -0.4 is 16.1 Å². The summed E-state index contributed by atoms with van der Waals surface area (Å²) >= 11 is 0. The molecule has 26 heavy (non-hydrogen) atoms. The number of amides is 1. The summed E-state index contributed by atoms with van der Waals surface area (Å²) in [6, 6.07) is 10.9. The number of hydrogen-bond donors (Lipinski definition) is 2. The zero-order valence-corrected chi connectivity index (χ0v) is 15.6. The second-order valence-corrected chi connectivity index (χ2v) is 6.09. The number of piperazine rings is 1. The molecule has 140 valence electrons. The van der Waals surface area contributed by atoms with Gasteiger partial charge in [-0.25, -0.2) is 4.68 Å². The van der Waals surface area contributed by atoms with E-state index >= 15 is 0 Å². The van der Waals surface area contributed by atoms with Crippen LogP contribution in [0, 0.1) is 6.92 Å². The first-order valence-electron chi connectivity index (χ1n) is 8.53. The minimum absolute atomic E-state index is 0. The number of aryl methyl sites for hydroxylation is 1. The molecule has 2 N–H and O–H groups in total. The number of nitrogens with zero attached hydrogens (tertiary/aromatic N) is 3. The Morgan fingerprint density at radius 2 is 1.92 bits per heavy atom. The van der Waals surface area contributed by atoms with Gasteiger partial charge >= 0.3 is 0 Å². The zero-order chi connectivity index (χ0) is 17.6. The van der Waals surface area contributed by atoms with E-state index in [2.05, 4.69) is 20.6 Å². The molecule has 1 amide bonds. The number of rotatable bonds is 5. The molecule has 0 unspecified atom stereocenters. The third-order valence-corrected chi connectivity index (χ3v) is 4.25. The Morgan fingerprint density at radius 1 is 1.23 bits per heavy atom. The largest absolute Gasteiger partial charge is 0.349 e. The van der Waals surface area contributed by atoms with E-state index in [1.165, 1.54) is 6.07 Å². The topological polar surface area (TPSA) is 79.3 Å². The highest BCUT2D eigenvalue weighted by atomic mass is 35.5. The first-order chi connectivity index (χ1) is 12.1. The maximum atomic E-state index is 12.4. The molecule has 1 aromatic carbocycles. The van der Waals surface area contributed by atoms with E-state index in [9.17, 15) is 9.59 Å². The van der Waals surface area contributed by atoms with E-state index in [4.69, 9.17) is 0 Å². The van der Waals surface area contributed by atoms with E-state index in [1.54, 1.807) is 11.6 Å². The van der Waals surface area contributed by atoms with Crippen molar-refractivity contribution >= 4 is 18.3 Å². The fourth-order valence-electron chi connectivity index (χ4n) is 2.88. The maximum absolute atomic E-state index is 12.4. The van der Waals surface area contributed by atoms with Crippen molar-refractivity contribution in [2.24, 2.45) is 0 Å². The van der Waals surface area contributed by atoms with Gasteiger partial charge in [0.2, 0.25) is 5.43 Å². The normalized spacial score (nSPS) is 14.5. The van der Waals surface area contributed by atoms with Gasteiger partial charge in [0, 0.05) is 51.0 Å². The average Bonchev–Trinajstić information content (AvgIpc) is 2.63. The Balaban J connectivity index is 0.00000243. The van der Waals surface area contributed by atoms with Crippen LogP contribution in [0.4, 0.5) is 0 Å². The third kappa shape index (κ3) is 4.91. The van der Waals surface area contributed by atoms with Crippen LogP contribution in [0.15, 0.2) is 41.2 Å². The summed E-state index contributed by atoms with van der Waals surface area (Å²) in [6.45, 7) is 6.95. The molecule has 0 atom stereocenters. The van der Waals surface area contributed by atoms with Crippen LogP contribution in [0.1, 0.15) is 16.2 Å². The summed E-state index contributed by atoms with van der Waals surface area (Å²) in [5.41, 5.74) is 1.07. The van der Waals surface area contributed by atoms with Crippen LogP contribution in [0.2, 0.25) is 0 Å². The van der Waals surface area contributed by atoms with Gasteiger partial charge in [0.25, 0.3) is 5.91 Å². The Hall–Kier alpha value is -2.22. The van der Waals surface area contributed by atoms with Crippen LogP contribution in [0.5, 0.6) is 0 Å². The summed E-state index contributed by atoms with van der Waals surface area (Å²) in [6.07, 6.45) is 0. The summed E-state index contributed by atoms with van der Waals surface area (Å²) < 4.78 is 1.62. The molecule has 1 aromatic heterocycles. The predicted molar refractivity (Wildman–Crippen MR) is 103 cm³/mol. The highest BCUT2D eigenvalue weighted by Crippen LogP contribution is 2.07. The zero-order valence-electron chi connectivity index (χ0n) is 14.8. The van der Waals surface area contributed by atoms with Crippen molar-refractivity contribution in [2.45, 2.75) is 6.92 Å². The van der Waals surface area contributed by atoms with Gasteiger partial charge in [-0.3, -0.25) is 14.5 Å². The fraction of sp³-hybridized carbons (Fsp3) is 0.389. The smallest absolute Gasteiger partial charge is 0.275 e. The van der Waals surface area contributed by atoms with Gasteiger partial charge in [-0.2, -0.15) is 5.10 Å². The van der Waals surface area contributed by atoms with E-state index in [-0.39, 0.29) is 23.5 Å². The number of carbonyl (C=O) groups is 1. The Bertz CT molecular complexity index is 788. The first-order valence-corrected chi connectivity index (χ1v) is 8.53. The van der Waals surface area contributed by atoms with Crippen LogP contribution >= 0.6 is 12.4 Å². The monoisotopic (exact) mass is 377 g/mol. The second-order valence-electron chi connectivity index (χ2n) is 6.09. The lowest BCUT2D eigenvalue weighted by Gasteiger charge is -2.27. The van der Waals surface area contributed by atoms with Gasteiger partial charge < -0.3 is 10.6 Å². The van der Waals surface area contributed by atoms with Crippen molar-refractivity contribution in [3.05, 3.63) is 58.0 Å². The van der Waals surface area contributed by atoms with Crippen molar-refractivity contribution in [2.75, 3.05) is 39.3 Å². The SMILES string of the molecule is Cc1cc(=O)c(C(=O)NCCN2CCNCC2)nn1-c1ccccc1.Cl. The summed E-state index contributed by atoms with van der Waals surface area (Å²) in [7, 11) is 0. The van der Waals surface area contributed by atoms with Crippen LogP contribution in [0.3, 0.4) is 0 Å². The molecular formula is C18H24ClN5O2. The molecular weight excluding hydrogens is 354 g/mol. The Kier molecular flexibility index (Phi) is 7.32. The summed E-state index contributed by atoms with van der Waals surface area (Å²) in [5, 5.41) is 10.4. The number of halogens is 1. The molecule has 3 rings (SSSR count). The lowest BCUT2D eigenvalue weighted by atomic mass is 10.2. The van der Waals surface area contributed by atoms with Gasteiger partial charge in [-0.05, 0) is 19.1 Å². The predicted octanol–water partition coefficient (Wildman–Crippen LogP) is 0.598. The van der Waals surface area contributed by atoms with Crippen molar-refractivity contribution in [3.63, 3.8) is 0 Å². The van der Waals surface area contributed by atoms with Crippen molar-refractivity contribution in [3.8, 4) is 5.69 Å². The molecule has 1 aliphatic rings. The molecule has 0 aliphatic carbocycles. The number of para-hydroxylation sites is 1. The van der Waals surface area contributed by atoms with Gasteiger partial charge in [0.15, 0.2) is 5.69 Å². The first kappa shape index (κ1) is 20.1. The lowest BCUT2D eigenvalue weighted by molar-refractivity contribution is 0.0939. The Labute approximate surface area is 158 Å². The second kappa shape index (κ2) is 9.47. The van der Waals surface area contributed by atoms with Crippen molar-refractivity contribution in [1.29, 1.82) is 0 Å². The van der Waals surface area contributed by atoms with E-state index < -0.39 is 5.91 Å². The molecule has 2 heterocycles. The number of carbonyl (C=O) groups excluding carboxylic acids is 1. The molecule has 1 saturated heterocycles. The van der Waals surface area contributed by atoms with E-state index in [0.29, 0.717) is 12.2 Å². The van der Waals surface area contributed by atoms with Crippen LogP contribution in [-0.2, 0) is 0 Å². The minimum Gasteiger partial charge on any atom is -0.349 e. The number of hydrogen-bond acceptors (Lipinski definition) is 5. The standard InChI is InChI=1S/C18H23N5O2.ClH/c1-14-13-16(24)17(21-23(14)15-5-3-2-4-6-15)18(25)20-9-12-22-10-7-19-8-11-22;/h2-6,13,19H,7-12H2,1H3,(H,20,25);1H. The van der Waals surface area contributed by atoms with Gasteiger partial charge in [0.05, 0.1) is 5.69 Å².